The summed E-state index contributed by atoms with van der Waals surface area (Å²) in [6.07, 6.45) is 0. The van der Waals surface area contributed by atoms with Gasteiger partial charge in [0.1, 0.15) is 22.3 Å². The summed E-state index contributed by atoms with van der Waals surface area (Å²) in [6.45, 7) is 1.93. The number of hydrogen-bond acceptors (Lipinski definition) is 9. The van der Waals surface area contributed by atoms with E-state index in [0.717, 1.165) is 16.9 Å². The minimum Gasteiger partial charge on any atom is -0.858 e. The molecule has 0 bridgehead atoms. The van der Waals surface area contributed by atoms with E-state index in [1.54, 1.807) is 12.1 Å². The van der Waals surface area contributed by atoms with Crippen LogP contribution in [0.3, 0.4) is 0 Å². The molecule has 1 aromatic carbocycles. The third-order valence-corrected chi connectivity index (χ3v) is 5.60. The molecule has 0 unspecified atom stereocenters. The molecule has 5 N–H and O–H groups in total. The Hall–Kier alpha value is -4.17. The minimum atomic E-state index is -0.719. The van der Waals surface area contributed by atoms with Crippen LogP contribution < -0.4 is 26.9 Å². The molecular weight excluding hydrogens is 406 g/mol. The van der Waals surface area contributed by atoms with E-state index in [4.69, 9.17) is 16.0 Å². The van der Waals surface area contributed by atoms with Crippen molar-refractivity contribution in [1.82, 2.24) is 10.3 Å². The Labute approximate surface area is 173 Å². The summed E-state index contributed by atoms with van der Waals surface area (Å²) in [4.78, 5) is 21.0. The number of nitrogens with two attached hydrogens (primary N) is 2. The van der Waals surface area contributed by atoms with Crippen molar-refractivity contribution in [3.63, 3.8) is 0 Å². The highest BCUT2D eigenvalue weighted by atomic mass is 32.1. The van der Waals surface area contributed by atoms with Crippen LogP contribution in [0.4, 0.5) is 17.2 Å². The van der Waals surface area contributed by atoms with Gasteiger partial charge >= 0.3 is 11.3 Å². The molecule has 150 valence electrons. The van der Waals surface area contributed by atoms with E-state index in [9.17, 15) is 15.2 Å². The first-order chi connectivity index (χ1) is 14.3. The standard InChI is InChI=1S/C19H15N7O3S/c1-8-3-5-9(6-4-8)23-17(27)15-13(21)12-11(14-19(28)29-25-26(14)2)10(7-20)16(22)24-18(12)30-15/h3-6H,1-2H3,(H5-,21,22,23,24,25,27,28). The van der Waals surface area contributed by atoms with Crippen LogP contribution in [0.25, 0.3) is 21.5 Å². The number of hydrogen-bond donors (Lipinski definition) is 3. The van der Waals surface area contributed by atoms with Gasteiger partial charge in [-0.15, -0.1) is 11.3 Å². The Morgan fingerprint density at radius 3 is 2.67 bits per heavy atom. The van der Waals surface area contributed by atoms with Gasteiger partial charge in [0.15, 0.2) is 7.05 Å². The number of nitrogen functional groups attached to an aromatic ring is 2. The fourth-order valence-electron chi connectivity index (χ4n) is 3.08. The number of benzene rings is 1. The molecule has 0 amide bonds. The zero-order chi connectivity index (χ0) is 21.6. The molecule has 4 aromatic rings. The summed E-state index contributed by atoms with van der Waals surface area (Å²) in [5, 5.41) is 25.1. The van der Waals surface area contributed by atoms with Crippen LogP contribution in [0.1, 0.15) is 16.0 Å². The maximum atomic E-state index is 12.8. The van der Waals surface area contributed by atoms with Crippen LogP contribution in [0.5, 0.6) is 0 Å². The van der Waals surface area contributed by atoms with Crippen molar-refractivity contribution in [3.8, 4) is 17.3 Å². The number of nitriles is 1. The van der Waals surface area contributed by atoms with Gasteiger partial charge in [0, 0.05) is 5.90 Å². The molecule has 3 heterocycles. The summed E-state index contributed by atoms with van der Waals surface area (Å²) in [6, 6.07) is 9.07. The SMILES string of the molecule is Cc1ccc(N=C([O-])c2sc3nc(N)c(C#N)c(-c4c(=O)o[nH][n+]4C)c3c2N)cc1. The second-order valence-electron chi connectivity index (χ2n) is 6.52. The van der Waals surface area contributed by atoms with Gasteiger partial charge in [-0.25, -0.2) is 9.78 Å². The van der Waals surface area contributed by atoms with Gasteiger partial charge < -0.3 is 16.6 Å². The van der Waals surface area contributed by atoms with Gasteiger partial charge in [0.25, 0.3) is 0 Å². The number of aromatic amines is 1. The lowest BCUT2D eigenvalue weighted by atomic mass is 10.0. The summed E-state index contributed by atoms with van der Waals surface area (Å²) >= 11 is 0.990. The molecule has 0 saturated carbocycles. The van der Waals surface area contributed by atoms with E-state index in [0.29, 0.717) is 10.5 Å². The first kappa shape index (κ1) is 19.2. The van der Waals surface area contributed by atoms with Gasteiger partial charge in [0.2, 0.25) is 0 Å². The maximum absolute atomic E-state index is 12.8. The Morgan fingerprint density at radius 2 is 2.07 bits per heavy atom. The lowest BCUT2D eigenvalue weighted by Gasteiger charge is -2.09. The Balaban J connectivity index is 2.02. The monoisotopic (exact) mass is 421 g/mol. The number of aryl methyl sites for hydroxylation is 2. The Kier molecular flexibility index (Phi) is 4.48. The molecule has 0 aliphatic carbocycles. The van der Waals surface area contributed by atoms with Gasteiger partial charge in [-0.2, -0.15) is 5.26 Å². The number of rotatable bonds is 3. The number of aromatic nitrogens is 3. The maximum Gasteiger partial charge on any atom is 0.435 e. The molecule has 0 radical (unpaired) electrons. The quantitative estimate of drug-likeness (QED) is 0.250. The largest absolute Gasteiger partial charge is 0.858 e. The van der Waals surface area contributed by atoms with Crippen molar-refractivity contribution in [2.75, 3.05) is 11.5 Å². The van der Waals surface area contributed by atoms with Crippen LogP contribution in [0, 0.1) is 18.3 Å². The van der Waals surface area contributed by atoms with E-state index in [2.05, 4.69) is 15.2 Å². The van der Waals surface area contributed by atoms with Crippen LogP contribution in [0.2, 0.25) is 0 Å². The zero-order valence-corrected chi connectivity index (χ0v) is 16.7. The molecule has 10 nitrogen and oxygen atoms in total. The summed E-state index contributed by atoms with van der Waals surface area (Å²) < 4.78 is 6.11. The van der Waals surface area contributed by atoms with Crippen LogP contribution in [0.15, 0.2) is 38.6 Å². The molecule has 3 aromatic heterocycles. The highest BCUT2D eigenvalue weighted by molar-refractivity contribution is 7.21. The average molecular weight is 421 g/mol. The summed E-state index contributed by atoms with van der Waals surface area (Å²) in [7, 11) is 1.53. The van der Waals surface area contributed by atoms with Crippen molar-refractivity contribution in [2.45, 2.75) is 6.92 Å². The van der Waals surface area contributed by atoms with Gasteiger partial charge in [0.05, 0.1) is 27.2 Å². The number of nitrogens with one attached hydrogen (secondary N) is 1. The molecule has 4 rings (SSSR count). The number of nitrogens with zero attached hydrogens (tertiary/aromatic N) is 4. The first-order valence-electron chi connectivity index (χ1n) is 8.64. The van der Waals surface area contributed by atoms with E-state index in [1.807, 2.05) is 25.1 Å². The van der Waals surface area contributed by atoms with E-state index in [1.165, 1.54) is 11.7 Å². The van der Waals surface area contributed by atoms with Crippen molar-refractivity contribution in [1.29, 1.82) is 5.26 Å². The smallest absolute Gasteiger partial charge is 0.435 e. The van der Waals surface area contributed by atoms with Gasteiger partial charge in [-0.05, 0) is 24.3 Å². The molecule has 0 aliphatic heterocycles. The predicted molar refractivity (Wildman–Crippen MR) is 110 cm³/mol. The number of H-pyrrole nitrogens is 1. The minimum absolute atomic E-state index is 0.0321. The first-order valence-corrected chi connectivity index (χ1v) is 9.45. The third-order valence-electron chi connectivity index (χ3n) is 4.52. The van der Waals surface area contributed by atoms with E-state index >= 15 is 0 Å². The highest BCUT2D eigenvalue weighted by Crippen LogP contribution is 2.41. The zero-order valence-electron chi connectivity index (χ0n) is 15.9. The van der Waals surface area contributed by atoms with E-state index < -0.39 is 11.5 Å². The molecule has 0 saturated heterocycles. The second-order valence-corrected chi connectivity index (χ2v) is 7.52. The Bertz CT molecular complexity index is 1420. The van der Waals surface area contributed by atoms with Gasteiger partial charge in [-0.3, -0.25) is 9.52 Å². The topological polar surface area (TPSA) is 174 Å². The van der Waals surface area contributed by atoms with Crippen LogP contribution >= 0.6 is 11.3 Å². The fraction of sp³-hybridized carbons (Fsp3) is 0.105. The summed E-state index contributed by atoms with van der Waals surface area (Å²) in [5.41, 5.74) is 13.2. The molecule has 0 spiro atoms. The molecule has 0 fully saturated rings. The molecule has 30 heavy (non-hydrogen) atoms. The summed E-state index contributed by atoms with van der Waals surface area (Å²) in [5.74, 6) is -0.649. The molecular formula is C19H15N7O3S. The number of aliphatic imine (C=N–C) groups is 1. The lowest BCUT2D eigenvalue weighted by molar-refractivity contribution is -0.730. The number of pyridine rings is 1. The number of fused-ring (bicyclic) bond motifs is 1. The van der Waals surface area contributed by atoms with Crippen LogP contribution in [-0.4, -0.2) is 16.2 Å². The number of anilines is 2. The fourth-order valence-corrected chi connectivity index (χ4v) is 4.07. The average Bonchev–Trinajstić information content (AvgIpc) is 3.21. The molecule has 11 heteroatoms. The predicted octanol–water partition coefficient (Wildman–Crippen LogP) is 0.852. The molecule has 0 aliphatic rings. The Morgan fingerprint density at radius 1 is 1.37 bits per heavy atom. The number of thiophene rings is 1. The lowest BCUT2D eigenvalue weighted by Crippen LogP contribution is -2.34. The third kappa shape index (κ3) is 2.96. The van der Waals surface area contributed by atoms with Crippen molar-refractivity contribution >= 4 is 44.6 Å². The highest BCUT2D eigenvalue weighted by Gasteiger charge is 2.30. The van der Waals surface area contributed by atoms with Crippen molar-refractivity contribution in [2.24, 2.45) is 12.0 Å². The van der Waals surface area contributed by atoms with Crippen molar-refractivity contribution in [3.05, 3.63) is 50.7 Å². The van der Waals surface area contributed by atoms with Gasteiger partial charge in [-0.1, -0.05) is 22.4 Å². The molecule has 0 atom stereocenters. The van der Waals surface area contributed by atoms with Crippen molar-refractivity contribution < 1.29 is 14.3 Å². The second kappa shape index (κ2) is 7.02. The van der Waals surface area contributed by atoms with Crippen LogP contribution in [-0.2, 0) is 7.05 Å². The van der Waals surface area contributed by atoms with E-state index in [-0.39, 0.29) is 38.6 Å². The normalized spacial score (nSPS) is 11.7.